The third-order valence-electron chi connectivity index (χ3n) is 2.97. The average Bonchev–Trinajstić information content (AvgIpc) is 2.48. The van der Waals surface area contributed by atoms with Gasteiger partial charge in [0.25, 0.3) is 5.91 Å². The normalized spacial score (nSPS) is 10.0. The number of ether oxygens (including phenoxy) is 1. The van der Waals surface area contributed by atoms with Crippen molar-refractivity contribution in [3.05, 3.63) is 53.6 Å². The van der Waals surface area contributed by atoms with Gasteiger partial charge in [-0.15, -0.1) is 0 Å². The number of benzene rings is 2. The fourth-order valence-corrected chi connectivity index (χ4v) is 1.82. The second-order valence-corrected chi connectivity index (χ2v) is 4.64. The lowest BCUT2D eigenvalue weighted by Gasteiger charge is -2.10. The molecule has 0 aromatic heterocycles. The quantitative estimate of drug-likeness (QED) is 0.737. The number of anilines is 1. The van der Waals surface area contributed by atoms with E-state index in [4.69, 9.17) is 9.84 Å². The molecule has 0 saturated carbocycles. The number of para-hydroxylation sites is 1. The van der Waals surface area contributed by atoms with Crippen LogP contribution in [-0.2, 0) is 4.79 Å². The molecule has 0 saturated heterocycles. The fraction of sp³-hybridized carbons (Fsp3) is 0.125. The fourth-order valence-electron chi connectivity index (χ4n) is 1.82. The molecular formula is C16H15NO5. The number of rotatable bonds is 5. The lowest BCUT2D eigenvalue weighted by atomic mass is 10.2. The van der Waals surface area contributed by atoms with Crippen molar-refractivity contribution in [2.75, 3.05) is 11.9 Å². The molecule has 0 heterocycles. The second kappa shape index (κ2) is 6.62. The number of aromatic carboxylic acids is 1. The van der Waals surface area contributed by atoms with Crippen LogP contribution in [-0.4, -0.2) is 28.7 Å². The van der Waals surface area contributed by atoms with Crippen LogP contribution in [0, 0.1) is 6.92 Å². The van der Waals surface area contributed by atoms with Crippen molar-refractivity contribution in [2.45, 2.75) is 6.92 Å². The van der Waals surface area contributed by atoms with E-state index in [1.54, 1.807) is 12.1 Å². The summed E-state index contributed by atoms with van der Waals surface area (Å²) < 4.78 is 5.38. The van der Waals surface area contributed by atoms with Crippen molar-refractivity contribution in [1.29, 1.82) is 0 Å². The molecule has 0 aliphatic carbocycles. The van der Waals surface area contributed by atoms with Gasteiger partial charge in [-0.05, 0) is 36.8 Å². The van der Waals surface area contributed by atoms with Crippen LogP contribution in [0.25, 0.3) is 0 Å². The number of carboxylic acids is 1. The van der Waals surface area contributed by atoms with Gasteiger partial charge in [-0.1, -0.05) is 18.2 Å². The Kier molecular flexibility index (Phi) is 4.63. The third-order valence-corrected chi connectivity index (χ3v) is 2.97. The molecule has 0 radical (unpaired) electrons. The first-order chi connectivity index (χ1) is 10.5. The first-order valence-electron chi connectivity index (χ1n) is 6.52. The van der Waals surface area contributed by atoms with Gasteiger partial charge in [0.15, 0.2) is 6.61 Å². The molecule has 3 N–H and O–H groups in total. The molecule has 0 unspecified atom stereocenters. The van der Waals surface area contributed by atoms with Gasteiger partial charge in [0.1, 0.15) is 11.5 Å². The van der Waals surface area contributed by atoms with Gasteiger partial charge < -0.3 is 20.3 Å². The Hall–Kier alpha value is -3.02. The molecular weight excluding hydrogens is 286 g/mol. The molecule has 0 fully saturated rings. The van der Waals surface area contributed by atoms with Gasteiger partial charge in [0.05, 0.1) is 11.3 Å². The van der Waals surface area contributed by atoms with E-state index in [9.17, 15) is 14.7 Å². The lowest BCUT2D eigenvalue weighted by Crippen LogP contribution is -2.20. The number of aryl methyl sites for hydroxylation is 1. The Morgan fingerprint density at radius 1 is 1.18 bits per heavy atom. The Bertz CT molecular complexity index is 711. The summed E-state index contributed by atoms with van der Waals surface area (Å²) in [6, 6.07) is 11.0. The summed E-state index contributed by atoms with van der Waals surface area (Å²) in [6.07, 6.45) is 0. The van der Waals surface area contributed by atoms with Crippen LogP contribution in [0.4, 0.5) is 5.69 Å². The minimum absolute atomic E-state index is 0.0633. The number of hydrogen-bond acceptors (Lipinski definition) is 4. The Balaban J connectivity index is 1.98. The van der Waals surface area contributed by atoms with E-state index in [0.29, 0.717) is 5.75 Å². The number of carbonyl (C=O) groups is 2. The van der Waals surface area contributed by atoms with Crippen molar-refractivity contribution >= 4 is 17.6 Å². The molecule has 0 aliphatic heterocycles. The van der Waals surface area contributed by atoms with Crippen molar-refractivity contribution < 1.29 is 24.5 Å². The van der Waals surface area contributed by atoms with Crippen LogP contribution < -0.4 is 10.1 Å². The van der Waals surface area contributed by atoms with Crippen molar-refractivity contribution in [3.8, 4) is 11.5 Å². The number of phenols is 1. The number of carbonyl (C=O) groups excluding carboxylic acids is 1. The number of amides is 1. The zero-order valence-electron chi connectivity index (χ0n) is 11.9. The van der Waals surface area contributed by atoms with Gasteiger partial charge in [-0.25, -0.2) is 4.79 Å². The zero-order chi connectivity index (χ0) is 16.1. The third kappa shape index (κ3) is 3.76. The summed E-state index contributed by atoms with van der Waals surface area (Å²) >= 11 is 0. The van der Waals surface area contributed by atoms with Gasteiger partial charge >= 0.3 is 5.97 Å². The minimum atomic E-state index is -1.16. The van der Waals surface area contributed by atoms with Crippen molar-refractivity contribution in [3.63, 3.8) is 0 Å². The summed E-state index contributed by atoms with van der Waals surface area (Å²) in [5.41, 5.74) is 0.971. The number of phenolic OH excluding ortho intramolecular Hbond substituents is 1. The summed E-state index contributed by atoms with van der Waals surface area (Å²) in [4.78, 5) is 22.6. The highest BCUT2D eigenvalue weighted by molar-refractivity contribution is 5.95. The van der Waals surface area contributed by atoms with Crippen molar-refractivity contribution in [2.24, 2.45) is 0 Å². The molecule has 0 atom stereocenters. The predicted octanol–water partition coefficient (Wildman–Crippen LogP) is 2.42. The zero-order valence-corrected chi connectivity index (χ0v) is 11.9. The molecule has 2 aromatic rings. The maximum Gasteiger partial charge on any atom is 0.335 e. The van der Waals surface area contributed by atoms with E-state index in [-0.39, 0.29) is 23.6 Å². The van der Waals surface area contributed by atoms with Crippen LogP contribution in [0.5, 0.6) is 11.5 Å². The van der Waals surface area contributed by atoms with E-state index in [0.717, 1.165) is 11.6 Å². The Morgan fingerprint density at radius 3 is 2.55 bits per heavy atom. The summed E-state index contributed by atoms with van der Waals surface area (Å²) in [7, 11) is 0. The minimum Gasteiger partial charge on any atom is -0.506 e. The molecule has 2 rings (SSSR count). The molecule has 1 amide bonds. The monoisotopic (exact) mass is 301 g/mol. The van der Waals surface area contributed by atoms with Gasteiger partial charge in [-0.3, -0.25) is 4.79 Å². The van der Waals surface area contributed by atoms with E-state index in [1.165, 1.54) is 12.1 Å². The summed E-state index contributed by atoms with van der Waals surface area (Å²) in [5.74, 6) is -1.33. The standard InChI is InChI=1S/C16H15NO5/c1-10-4-2-3-5-14(10)22-9-15(19)17-12-7-6-11(16(20)21)8-13(12)18/h2-8,18H,9H2,1H3,(H,17,19)(H,20,21). The maximum atomic E-state index is 11.8. The number of nitrogens with one attached hydrogen (secondary N) is 1. The van der Waals surface area contributed by atoms with Crippen LogP contribution in [0.15, 0.2) is 42.5 Å². The van der Waals surface area contributed by atoms with Crippen LogP contribution in [0.1, 0.15) is 15.9 Å². The first-order valence-corrected chi connectivity index (χ1v) is 6.52. The van der Waals surface area contributed by atoms with E-state index in [2.05, 4.69) is 5.32 Å². The molecule has 6 nitrogen and oxygen atoms in total. The van der Waals surface area contributed by atoms with Crippen LogP contribution in [0.3, 0.4) is 0 Å². The number of aromatic hydroxyl groups is 1. The smallest absolute Gasteiger partial charge is 0.335 e. The Morgan fingerprint density at radius 2 is 1.91 bits per heavy atom. The predicted molar refractivity (Wildman–Crippen MR) is 80.4 cm³/mol. The van der Waals surface area contributed by atoms with E-state index >= 15 is 0 Å². The SMILES string of the molecule is Cc1ccccc1OCC(=O)Nc1ccc(C(=O)O)cc1O. The highest BCUT2D eigenvalue weighted by Gasteiger charge is 2.11. The molecule has 0 spiro atoms. The molecule has 2 aromatic carbocycles. The van der Waals surface area contributed by atoms with Crippen LogP contribution >= 0.6 is 0 Å². The van der Waals surface area contributed by atoms with E-state index < -0.39 is 11.9 Å². The molecule has 114 valence electrons. The second-order valence-electron chi connectivity index (χ2n) is 4.64. The maximum absolute atomic E-state index is 11.8. The highest BCUT2D eigenvalue weighted by atomic mass is 16.5. The number of carboxylic acid groups (broad SMARTS) is 1. The van der Waals surface area contributed by atoms with Crippen LogP contribution in [0.2, 0.25) is 0 Å². The summed E-state index contributed by atoms with van der Waals surface area (Å²) in [5, 5.41) is 21.0. The van der Waals surface area contributed by atoms with E-state index in [1.807, 2.05) is 19.1 Å². The Labute approximate surface area is 127 Å². The van der Waals surface area contributed by atoms with Gasteiger partial charge in [0.2, 0.25) is 0 Å². The van der Waals surface area contributed by atoms with Gasteiger partial charge in [0, 0.05) is 0 Å². The highest BCUT2D eigenvalue weighted by Crippen LogP contribution is 2.24. The molecule has 22 heavy (non-hydrogen) atoms. The molecule has 0 bridgehead atoms. The summed E-state index contributed by atoms with van der Waals surface area (Å²) in [6.45, 7) is 1.65. The first kappa shape index (κ1) is 15.4. The average molecular weight is 301 g/mol. The molecule has 0 aliphatic rings. The topological polar surface area (TPSA) is 95.9 Å². The van der Waals surface area contributed by atoms with Gasteiger partial charge in [-0.2, -0.15) is 0 Å². The molecule has 6 heteroatoms. The van der Waals surface area contributed by atoms with Crippen molar-refractivity contribution in [1.82, 2.24) is 0 Å². The number of hydrogen-bond donors (Lipinski definition) is 3. The largest absolute Gasteiger partial charge is 0.506 e. The lowest BCUT2D eigenvalue weighted by molar-refractivity contribution is -0.118.